The molecule has 0 fully saturated rings. The fraction of sp³-hybridized carbons (Fsp3) is 0.273. The highest BCUT2D eigenvalue weighted by Gasteiger charge is 2.23. The molecule has 0 amide bonds. The standard InChI is InChI=1S/C22H21F3N4O2S/c1-11-5-18-19(32-12(2)26-18)8-17(11)27-22-28-21(31)14(3-4-30)10-29(22)9-13-6-15(23)20(25)16(24)7-13/h5-8,10,21,30-31H,3-4,9H2,1-2H3,(H,27,28). The van der Waals surface area contributed by atoms with Gasteiger partial charge in [0, 0.05) is 18.5 Å². The molecule has 3 N–H and O–H groups in total. The number of aliphatic hydroxyl groups excluding tert-OH is 2. The molecule has 3 aromatic rings. The van der Waals surface area contributed by atoms with E-state index in [0.29, 0.717) is 5.57 Å². The number of anilines is 1. The predicted octanol–water partition coefficient (Wildman–Crippen LogP) is 4.20. The van der Waals surface area contributed by atoms with Crippen molar-refractivity contribution in [3.05, 3.63) is 69.6 Å². The van der Waals surface area contributed by atoms with E-state index in [0.717, 1.165) is 38.6 Å². The maximum Gasteiger partial charge on any atom is 0.205 e. The number of rotatable bonds is 5. The van der Waals surface area contributed by atoms with Crippen molar-refractivity contribution in [1.82, 2.24) is 9.88 Å². The van der Waals surface area contributed by atoms with Crippen LogP contribution in [0.25, 0.3) is 10.2 Å². The van der Waals surface area contributed by atoms with Crippen LogP contribution in [0.4, 0.5) is 18.9 Å². The van der Waals surface area contributed by atoms with Gasteiger partial charge in [0.15, 0.2) is 23.7 Å². The van der Waals surface area contributed by atoms with Gasteiger partial charge in [0.1, 0.15) is 0 Å². The molecule has 1 aliphatic heterocycles. The number of aliphatic imine (C=N–C) groups is 1. The number of aliphatic hydroxyl groups is 2. The smallest absolute Gasteiger partial charge is 0.205 e. The quantitative estimate of drug-likeness (QED) is 0.496. The molecular formula is C22H21F3N4O2S. The van der Waals surface area contributed by atoms with Gasteiger partial charge in [-0.1, -0.05) is 0 Å². The lowest BCUT2D eigenvalue weighted by Crippen LogP contribution is -2.38. The Bertz CT molecular complexity index is 1220. The first-order valence-electron chi connectivity index (χ1n) is 9.87. The Labute approximate surface area is 186 Å². The molecule has 6 nitrogen and oxygen atoms in total. The number of hydrogen-bond donors (Lipinski definition) is 3. The molecule has 1 unspecified atom stereocenters. The zero-order valence-electron chi connectivity index (χ0n) is 17.4. The SMILES string of the molecule is Cc1nc2cc(C)c(NC3=NC(O)C(CCO)=CN3Cc3cc(F)c(F)c(F)c3)cc2s1. The zero-order chi connectivity index (χ0) is 23.0. The number of nitrogens with one attached hydrogen (secondary N) is 1. The molecule has 4 rings (SSSR count). The van der Waals surface area contributed by atoms with E-state index in [1.807, 2.05) is 26.0 Å². The van der Waals surface area contributed by atoms with Gasteiger partial charge in [-0.2, -0.15) is 0 Å². The summed E-state index contributed by atoms with van der Waals surface area (Å²) in [7, 11) is 0. The van der Waals surface area contributed by atoms with E-state index in [9.17, 15) is 23.4 Å². The van der Waals surface area contributed by atoms with Gasteiger partial charge in [-0.15, -0.1) is 11.3 Å². The van der Waals surface area contributed by atoms with E-state index in [1.165, 1.54) is 11.3 Å². The zero-order valence-corrected chi connectivity index (χ0v) is 18.2. The molecular weight excluding hydrogens is 441 g/mol. The third kappa shape index (κ3) is 4.47. The van der Waals surface area contributed by atoms with Crippen molar-refractivity contribution in [2.24, 2.45) is 4.99 Å². The number of thiazole rings is 1. The first-order valence-corrected chi connectivity index (χ1v) is 10.7. The molecule has 0 bridgehead atoms. The minimum Gasteiger partial charge on any atom is -0.396 e. The van der Waals surface area contributed by atoms with Gasteiger partial charge in [0.25, 0.3) is 0 Å². The molecule has 2 aromatic carbocycles. The average molecular weight is 462 g/mol. The number of aromatic nitrogens is 1. The number of nitrogens with zero attached hydrogens (tertiary/aromatic N) is 3. The van der Waals surface area contributed by atoms with Crippen LogP contribution in [0.15, 0.2) is 41.0 Å². The van der Waals surface area contributed by atoms with Gasteiger partial charge in [-0.3, -0.25) is 0 Å². The molecule has 0 spiro atoms. The maximum absolute atomic E-state index is 13.7. The summed E-state index contributed by atoms with van der Waals surface area (Å²) in [5.74, 6) is -3.86. The average Bonchev–Trinajstić information content (AvgIpc) is 3.08. The molecule has 0 aliphatic carbocycles. The van der Waals surface area contributed by atoms with E-state index in [2.05, 4.69) is 15.3 Å². The summed E-state index contributed by atoms with van der Waals surface area (Å²) < 4.78 is 41.8. The summed E-state index contributed by atoms with van der Waals surface area (Å²) in [5, 5.41) is 23.8. The second-order valence-corrected chi connectivity index (χ2v) is 8.73. The van der Waals surface area contributed by atoms with Crippen molar-refractivity contribution in [1.29, 1.82) is 0 Å². The second-order valence-electron chi connectivity index (χ2n) is 7.50. The fourth-order valence-corrected chi connectivity index (χ4v) is 4.34. The Kier molecular flexibility index (Phi) is 6.18. The fourth-order valence-electron chi connectivity index (χ4n) is 3.49. The number of halogens is 3. The van der Waals surface area contributed by atoms with E-state index < -0.39 is 23.7 Å². The van der Waals surface area contributed by atoms with Crippen LogP contribution in [0.2, 0.25) is 0 Å². The van der Waals surface area contributed by atoms with Crippen LogP contribution in [0.3, 0.4) is 0 Å². The first-order chi connectivity index (χ1) is 15.2. The molecule has 1 aliphatic rings. The van der Waals surface area contributed by atoms with Crippen molar-refractivity contribution in [2.45, 2.75) is 33.0 Å². The van der Waals surface area contributed by atoms with Crippen molar-refractivity contribution in [3.8, 4) is 0 Å². The van der Waals surface area contributed by atoms with Gasteiger partial charge in [0.2, 0.25) is 5.96 Å². The normalized spacial score (nSPS) is 16.3. The monoisotopic (exact) mass is 462 g/mol. The van der Waals surface area contributed by atoms with Gasteiger partial charge >= 0.3 is 0 Å². The second kappa shape index (κ2) is 8.89. The molecule has 0 radical (unpaired) electrons. The largest absolute Gasteiger partial charge is 0.396 e. The third-order valence-electron chi connectivity index (χ3n) is 5.05. The van der Waals surface area contributed by atoms with Crippen molar-refractivity contribution in [2.75, 3.05) is 11.9 Å². The van der Waals surface area contributed by atoms with E-state index in [4.69, 9.17) is 0 Å². The van der Waals surface area contributed by atoms with Crippen LogP contribution in [0.1, 0.15) is 22.6 Å². The van der Waals surface area contributed by atoms with Crippen LogP contribution >= 0.6 is 11.3 Å². The van der Waals surface area contributed by atoms with E-state index >= 15 is 0 Å². The predicted molar refractivity (Wildman–Crippen MR) is 118 cm³/mol. The highest BCUT2D eigenvalue weighted by molar-refractivity contribution is 7.18. The number of fused-ring (bicyclic) bond motifs is 1. The highest BCUT2D eigenvalue weighted by atomic mass is 32.1. The molecule has 1 atom stereocenters. The highest BCUT2D eigenvalue weighted by Crippen LogP contribution is 2.29. The number of benzene rings is 2. The summed E-state index contributed by atoms with van der Waals surface area (Å²) in [6, 6.07) is 5.69. The van der Waals surface area contributed by atoms with E-state index in [-0.39, 0.29) is 31.1 Å². The molecule has 0 saturated carbocycles. The lowest BCUT2D eigenvalue weighted by Gasteiger charge is -2.30. The Hall–Kier alpha value is -2.95. The number of aryl methyl sites for hydroxylation is 2. The van der Waals surface area contributed by atoms with Gasteiger partial charge in [0.05, 0.1) is 21.8 Å². The number of guanidine groups is 1. The summed E-state index contributed by atoms with van der Waals surface area (Å²) in [5.41, 5.74) is 3.11. The Balaban J connectivity index is 1.68. The molecule has 10 heteroatoms. The first kappa shape index (κ1) is 22.3. The van der Waals surface area contributed by atoms with Crippen LogP contribution < -0.4 is 5.32 Å². The summed E-state index contributed by atoms with van der Waals surface area (Å²) >= 11 is 1.54. The summed E-state index contributed by atoms with van der Waals surface area (Å²) in [6.45, 7) is 3.58. The Morgan fingerprint density at radius 2 is 1.84 bits per heavy atom. The van der Waals surface area contributed by atoms with Crippen molar-refractivity contribution >= 4 is 33.2 Å². The minimum atomic E-state index is -1.53. The van der Waals surface area contributed by atoms with Gasteiger partial charge in [-0.05, 0) is 61.2 Å². The van der Waals surface area contributed by atoms with Crippen molar-refractivity contribution < 1.29 is 23.4 Å². The molecule has 168 valence electrons. The molecule has 1 aromatic heterocycles. The third-order valence-corrected chi connectivity index (χ3v) is 5.99. The van der Waals surface area contributed by atoms with Gasteiger partial charge in [-0.25, -0.2) is 23.1 Å². The minimum absolute atomic E-state index is 0.0391. The van der Waals surface area contributed by atoms with Crippen LogP contribution in [-0.4, -0.2) is 38.9 Å². The maximum atomic E-state index is 13.7. The van der Waals surface area contributed by atoms with Crippen molar-refractivity contribution in [3.63, 3.8) is 0 Å². The number of hydrogen-bond acceptors (Lipinski definition) is 7. The lowest BCUT2D eigenvalue weighted by atomic mass is 10.1. The van der Waals surface area contributed by atoms with Gasteiger partial charge < -0.3 is 20.4 Å². The van der Waals surface area contributed by atoms with Crippen LogP contribution in [-0.2, 0) is 6.54 Å². The summed E-state index contributed by atoms with van der Waals surface area (Å²) in [6.07, 6.45) is 0.559. The van der Waals surface area contributed by atoms with Crippen LogP contribution in [0, 0.1) is 31.3 Å². The Morgan fingerprint density at radius 1 is 1.12 bits per heavy atom. The Morgan fingerprint density at radius 3 is 2.53 bits per heavy atom. The topological polar surface area (TPSA) is 81.0 Å². The lowest BCUT2D eigenvalue weighted by molar-refractivity contribution is 0.197. The summed E-state index contributed by atoms with van der Waals surface area (Å²) in [4.78, 5) is 10.3. The van der Waals surface area contributed by atoms with E-state index in [1.54, 1.807) is 11.1 Å². The molecule has 32 heavy (non-hydrogen) atoms. The van der Waals surface area contributed by atoms with Crippen LogP contribution in [0.5, 0.6) is 0 Å². The molecule has 0 saturated heterocycles. The molecule has 2 heterocycles.